The van der Waals surface area contributed by atoms with Gasteiger partial charge < -0.3 is 19.4 Å². The van der Waals surface area contributed by atoms with Gasteiger partial charge in [-0.1, -0.05) is 12.1 Å². The van der Waals surface area contributed by atoms with Gasteiger partial charge in [-0.2, -0.15) is 0 Å². The van der Waals surface area contributed by atoms with Crippen molar-refractivity contribution in [2.24, 2.45) is 0 Å². The number of amides is 1. The van der Waals surface area contributed by atoms with Crippen LogP contribution in [0.25, 0.3) is 0 Å². The third kappa shape index (κ3) is 3.70. The first kappa shape index (κ1) is 17.6. The third-order valence-electron chi connectivity index (χ3n) is 5.43. The number of ether oxygens (including phenoxy) is 1. The lowest BCUT2D eigenvalue weighted by Gasteiger charge is -2.37. The number of anilines is 2. The van der Waals surface area contributed by atoms with Crippen LogP contribution in [0.3, 0.4) is 0 Å². The highest BCUT2D eigenvalue weighted by Gasteiger charge is 2.22. The quantitative estimate of drug-likeness (QED) is 0.833. The Labute approximate surface area is 160 Å². The van der Waals surface area contributed by atoms with Gasteiger partial charge in [-0.15, -0.1) is 0 Å². The number of rotatable bonds is 4. The molecule has 0 N–H and O–H groups in total. The summed E-state index contributed by atoms with van der Waals surface area (Å²) >= 11 is 0. The Morgan fingerprint density at radius 2 is 1.63 bits per heavy atom. The van der Waals surface area contributed by atoms with Gasteiger partial charge in [0.05, 0.1) is 24.7 Å². The van der Waals surface area contributed by atoms with E-state index >= 15 is 0 Å². The van der Waals surface area contributed by atoms with Crippen molar-refractivity contribution in [1.82, 2.24) is 9.88 Å². The highest BCUT2D eigenvalue weighted by atomic mass is 16.5. The Kier molecular flexibility index (Phi) is 5.14. The second-order valence-electron chi connectivity index (χ2n) is 7.05. The number of likely N-dealkylation sites (tertiary alicyclic amines) is 1. The van der Waals surface area contributed by atoms with E-state index < -0.39 is 0 Å². The summed E-state index contributed by atoms with van der Waals surface area (Å²) in [7, 11) is 1.71. The van der Waals surface area contributed by atoms with Crippen molar-refractivity contribution >= 4 is 17.3 Å². The van der Waals surface area contributed by atoms with Gasteiger partial charge in [0.25, 0.3) is 5.91 Å². The second kappa shape index (κ2) is 7.86. The molecule has 142 valence electrons. The molecule has 0 saturated carbocycles. The molecule has 2 fully saturated rings. The number of para-hydroxylation sites is 2. The molecule has 6 nitrogen and oxygen atoms in total. The maximum Gasteiger partial charge on any atom is 0.272 e. The average Bonchev–Trinajstić information content (AvgIpc) is 3.28. The van der Waals surface area contributed by atoms with Crippen LogP contribution in [0.4, 0.5) is 11.4 Å². The maximum atomic E-state index is 12.4. The van der Waals surface area contributed by atoms with Gasteiger partial charge in [-0.3, -0.25) is 4.79 Å². The zero-order chi connectivity index (χ0) is 18.6. The summed E-state index contributed by atoms with van der Waals surface area (Å²) in [6.45, 7) is 5.39. The van der Waals surface area contributed by atoms with Crippen molar-refractivity contribution in [2.75, 3.05) is 56.2 Å². The summed E-state index contributed by atoms with van der Waals surface area (Å²) in [6.07, 6.45) is 4.03. The first-order chi connectivity index (χ1) is 13.3. The van der Waals surface area contributed by atoms with Crippen LogP contribution in [0.1, 0.15) is 23.3 Å². The van der Waals surface area contributed by atoms with Crippen molar-refractivity contribution in [3.63, 3.8) is 0 Å². The molecule has 27 heavy (non-hydrogen) atoms. The monoisotopic (exact) mass is 366 g/mol. The molecule has 0 spiro atoms. The van der Waals surface area contributed by atoms with E-state index in [4.69, 9.17) is 4.74 Å². The molecule has 6 heteroatoms. The highest BCUT2D eigenvalue weighted by molar-refractivity contribution is 5.92. The van der Waals surface area contributed by atoms with Gasteiger partial charge in [-0.25, -0.2) is 4.98 Å². The summed E-state index contributed by atoms with van der Waals surface area (Å²) in [6, 6.07) is 12.0. The Morgan fingerprint density at radius 3 is 2.30 bits per heavy atom. The topological polar surface area (TPSA) is 48.9 Å². The fraction of sp³-hybridized carbons (Fsp3) is 0.429. The molecule has 3 heterocycles. The van der Waals surface area contributed by atoms with Crippen LogP contribution in [-0.4, -0.2) is 62.2 Å². The summed E-state index contributed by atoms with van der Waals surface area (Å²) in [4.78, 5) is 23.4. The summed E-state index contributed by atoms with van der Waals surface area (Å²) in [5, 5.41) is 0. The molecule has 0 bridgehead atoms. The number of benzene rings is 1. The number of carbonyl (C=O) groups is 1. The number of carbonyl (C=O) groups excluding carboxylic acids is 1. The van der Waals surface area contributed by atoms with Gasteiger partial charge >= 0.3 is 0 Å². The zero-order valence-electron chi connectivity index (χ0n) is 15.8. The van der Waals surface area contributed by atoms with Gasteiger partial charge in [-0.05, 0) is 37.1 Å². The van der Waals surface area contributed by atoms with Crippen LogP contribution in [0.15, 0.2) is 42.6 Å². The summed E-state index contributed by atoms with van der Waals surface area (Å²) < 4.78 is 5.49. The smallest absolute Gasteiger partial charge is 0.272 e. The van der Waals surface area contributed by atoms with E-state index in [0.29, 0.717) is 5.69 Å². The Hall–Kier alpha value is -2.76. The first-order valence-corrected chi connectivity index (χ1v) is 9.64. The van der Waals surface area contributed by atoms with Crippen LogP contribution in [0.5, 0.6) is 5.75 Å². The molecule has 1 aromatic carbocycles. The predicted molar refractivity (Wildman–Crippen MR) is 107 cm³/mol. The van der Waals surface area contributed by atoms with Crippen molar-refractivity contribution < 1.29 is 9.53 Å². The van der Waals surface area contributed by atoms with Crippen LogP contribution in [-0.2, 0) is 0 Å². The molecule has 0 aliphatic carbocycles. The number of nitrogens with zero attached hydrogens (tertiary/aromatic N) is 4. The van der Waals surface area contributed by atoms with Crippen molar-refractivity contribution in [1.29, 1.82) is 0 Å². The van der Waals surface area contributed by atoms with E-state index in [1.54, 1.807) is 7.11 Å². The number of pyridine rings is 1. The summed E-state index contributed by atoms with van der Waals surface area (Å²) in [5.74, 6) is 0.970. The van der Waals surface area contributed by atoms with Gasteiger partial charge in [0.15, 0.2) is 0 Å². The minimum Gasteiger partial charge on any atom is -0.495 e. The van der Waals surface area contributed by atoms with Crippen LogP contribution >= 0.6 is 0 Å². The van der Waals surface area contributed by atoms with Gasteiger partial charge in [0.2, 0.25) is 0 Å². The molecule has 2 aliphatic heterocycles. The molecule has 2 aliphatic rings. The molecule has 2 saturated heterocycles. The molecule has 1 aromatic heterocycles. The minimum atomic E-state index is 0.0556. The first-order valence-electron chi connectivity index (χ1n) is 9.64. The van der Waals surface area contributed by atoms with Crippen molar-refractivity contribution in [3.05, 3.63) is 48.3 Å². The summed E-state index contributed by atoms with van der Waals surface area (Å²) in [5.41, 5.74) is 2.77. The molecule has 0 unspecified atom stereocenters. The van der Waals surface area contributed by atoms with E-state index in [0.717, 1.165) is 69.2 Å². The molecule has 0 radical (unpaired) electrons. The number of piperazine rings is 1. The van der Waals surface area contributed by atoms with Crippen molar-refractivity contribution in [3.8, 4) is 5.75 Å². The molecule has 2 aromatic rings. The molecular formula is C21H26N4O2. The number of hydrogen-bond acceptors (Lipinski definition) is 5. The van der Waals surface area contributed by atoms with Gasteiger partial charge in [0, 0.05) is 39.3 Å². The number of methoxy groups -OCH3 is 1. The van der Waals surface area contributed by atoms with E-state index in [9.17, 15) is 4.79 Å². The SMILES string of the molecule is COc1ccccc1N1CCN(c2ccc(C(=O)N3CCCC3)nc2)CC1. The zero-order valence-corrected chi connectivity index (χ0v) is 15.8. The molecular weight excluding hydrogens is 340 g/mol. The predicted octanol–water partition coefficient (Wildman–Crippen LogP) is 2.65. The normalized spacial score (nSPS) is 17.3. The molecule has 0 atom stereocenters. The van der Waals surface area contributed by atoms with E-state index in [1.165, 1.54) is 0 Å². The lowest BCUT2D eigenvalue weighted by atomic mass is 10.2. The Morgan fingerprint density at radius 1 is 0.926 bits per heavy atom. The molecule has 1 amide bonds. The fourth-order valence-corrected chi connectivity index (χ4v) is 3.88. The van der Waals surface area contributed by atoms with Gasteiger partial charge in [0.1, 0.15) is 11.4 Å². The number of aromatic nitrogens is 1. The lowest BCUT2D eigenvalue weighted by molar-refractivity contribution is 0.0787. The fourth-order valence-electron chi connectivity index (χ4n) is 3.88. The lowest BCUT2D eigenvalue weighted by Crippen LogP contribution is -2.46. The van der Waals surface area contributed by atoms with Crippen LogP contribution in [0, 0.1) is 0 Å². The minimum absolute atomic E-state index is 0.0556. The second-order valence-corrected chi connectivity index (χ2v) is 7.05. The number of hydrogen-bond donors (Lipinski definition) is 0. The maximum absolute atomic E-state index is 12.4. The van der Waals surface area contributed by atoms with Crippen LogP contribution in [0.2, 0.25) is 0 Å². The van der Waals surface area contributed by atoms with E-state index in [2.05, 4.69) is 20.9 Å². The largest absolute Gasteiger partial charge is 0.495 e. The Balaban J connectivity index is 1.39. The third-order valence-corrected chi connectivity index (χ3v) is 5.43. The molecule has 4 rings (SSSR count). The average molecular weight is 366 g/mol. The van der Waals surface area contributed by atoms with E-state index in [-0.39, 0.29) is 5.91 Å². The van der Waals surface area contributed by atoms with Crippen LogP contribution < -0.4 is 14.5 Å². The standard InChI is InChI=1S/C21H26N4O2/c1-27-20-7-3-2-6-19(20)24-14-12-23(13-15-24)17-8-9-18(22-16-17)21(26)25-10-4-5-11-25/h2-3,6-9,16H,4-5,10-15H2,1H3. The van der Waals surface area contributed by atoms with Crippen molar-refractivity contribution in [2.45, 2.75) is 12.8 Å². The highest BCUT2D eigenvalue weighted by Crippen LogP contribution is 2.29. The Bertz CT molecular complexity index is 779. The van der Waals surface area contributed by atoms with E-state index in [1.807, 2.05) is 41.4 Å².